The number of hydrogen-bond acceptors (Lipinski definition) is 7. The van der Waals surface area contributed by atoms with Gasteiger partial charge in [0, 0.05) is 6.92 Å². The Morgan fingerprint density at radius 2 is 1.18 bits per heavy atom. The zero-order valence-corrected chi connectivity index (χ0v) is 28.2. The van der Waals surface area contributed by atoms with Gasteiger partial charge in [0.2, 0.25) is 0 Å². The molecule has 0 aliphatic heterocycles. The van der Waals surface area contributed by atoms with Gasteiger partial charge in [-0.1, -0.05) is 12.1 Å². The molecule has 0 atom stereocenters. The van der Waals surface area contributed by atoms with Crippen LogP contribution in [0.5, 0.6) is 11.5 Å². The number of benzene rings is 4. The van der Waals surface area contributed by atoms with Gasteiger partial charge < -0.3 is 10.1 Å². The number of alkyl halides is 1. The fraction of sp³-hybridized carbons (Fsp3) is 0.121. The van der Waals surface area contributed by atoms with Gasteiger partial charge in [0.1, 0.15) is 5.75 Å². The molecular formula is C33H30IN4O5S2-. The van der Waals surface area contributed by atoms with E-state index in [1.807, 2.05) is 66.7 Å². The van der Waals surface area contributed by atoms with Gasteiger partial charge in [-0.15, -0.1) is 0 Å². The molecule has 12 heteroatoms. The normalized spacial score (nSPS) is 10.4. The van der Waals surface area contributed by atoms with Crippen LogP contribution >= 0.6 is 24.4 Å². The summed E-state index contributed by atoms with van der Waals surface area (Å²) < 4.78 is 14.4. The van der Waals surface area contributed by atoms with Crippen molar-refractivity contribution < 1.29 is 45.3 Å². The van der Waals surface area contributed by atoms with Crippen LogP contribution in [0.4, 0.5) is 11.4 Å². The van der Waals surface area contributed by atoms with Crippen molar-refractivity contribution >= 4 is 63.9 Å². The Balaban J connectivity index is 1.22. The van der Waals surface area contributed by atoms with Crippen LogP contribution in [0.3, 0.4) is 0 Å². The zero-order chi connectivity index (χ0) is 32.2. The quantitative estimate of drug-likeness (QED) is 0.0482. The molecule has 0 heterocycles. The van der Waals surface area contributed by atoms with Crippen molar-refractivity contribution in [2.45, 2.75) is 24.7 Å². The minimum atomic E-state index is -0.518. The predicted molar refractivity (Wildman–Crippen MR) is 178 cm³/mol. The number of thiocarbonyl (C=S) groups is 2. The first-order valence-corrected chi connectivity index (χ1v) is 17.1. The molecule has 45 heavy (non-hydrogen) atoms. The van der Waals surface area contributed by atoms with Gasteiger partial charge in [-0.2, -0.15) is 0 Å². The number of esters is 2. The standard InChI is InChI=1S/C33H30IN4O5S2/c1-21(39)42-29-9-5-3-7-25(29)20-34-38-33(45)36-27-17-13-24(14-18-27)19-23-11-15-26(16-12-23)35-32(44)37-31(41)28-8-4-6-10-30(28)43-22(2)40/h3-18H,19-20H2,1-2H3,(H2,36,38,45)(H2,35,37,41,44)/q-1. The average Bonchev–Trinajstić information content (AvgIpc) is 2.99. The van der Waals surface area contributed by atoms with Crippen LogP contribution in [-0.4, -0.2) is 28.1 Å². The van der Waals surface area contributed by atoms with E-state index < -0.39 is 33.4 Å². The molecule has 0 bridgehead atoms. The van der Waals surface area contributed by atoms with Crippen molar-refractivity contribution in [3.63, 3.8) is 0 Å². The van der Waals surface area contributed by atoms with Crippen molar-refractivity contribution in [2.24, 2.45) is 0 Å². The first-order valence-electron chi connectivity index (χ1n) is 13.7. The Morgan fingerprint density at radius 1 is 0.667 bits per heavy atom. The third-order valence-corrected chi connectivity index (χ3v) is 8.93. The Hall–Kier alpha value is -4.40. The van der Waals surface area contributed by atoms with E-state index >= 15 is 0 Å². The zero-order valence-electron chi connectivity index (χ0n) is 24.4. The SMILES string of the molecule is CC(=O)Oc1ccccc1C[I-]NC(=S)Nc1ccc(Cc2ccc(NC(=S)NC(=O)c3ccccc3OC(C)=O)cc2)cc1. The van der Waals surface area contributed by atoms with E-state index in [1.165, 1.54) is 13.8 Å². The Bertz CT molecular complexity index is 1700. The maximum absolute atomic E-state index is 12.7. The summed E-state index contributed by atoms with van der Waals surface area (Å²) in [5, 5.41) is 9.50. The second-order valence-corrected chi connectivity index (χ2v) is 12.5. The first kappa shape index (κ1) is 33.5. The van der Waals surface area contributed by atoms with Crippen molar-refractivity contribution in [3.8, 4) is 11.5 Å². The molecule has 4 N–H and O–H groups in total. The number of ether oxygens (including phenoxy) is 2. The number of anilines is 2. The number of nitrogens with one attached hydrogen (secondary N) is 4. The van der Waals surface area contributed by atoms with Gasteiger partial charge in [-0.05, 0) is 24.4 Å². The molecule has 0 saturated heterocycles. The van der Waals surface area contributed by atoms with E-state index in [0.29, 0.717) is 10.9 Å². The molecule has 0 radical (unpaired) electrons. The monoisotopic (exact) mass is 753 g/mol. The molecule has 0 spiro atoms. The number of rotatable bonds is 10. The van der Waals surface area contributed by atoms with E-state index in [4.69, 9.17) is 33.9 Å². The van der Waals surface area contributed by atoms with Crippen LogP contribution in [0, 0.1) is 0 Å². The van der Waals surface area contributed by atoms with Crippen molar-refractivity contribution in [3.05, 3.63) is 119 Å². The molecule has 0 aliphatic rings. The third kappa shape index (κ3) is 10.9. The van der Waals surface area contributed by atoms with Crippen molar-refractivity contribution in [1.82, 2.24) is 8.85 Å². The van der Waals surface area contributed by atoms with E-state index in [1.54, 1.807) is 30.3 Å². The molecule has 232 valence electrons. The molecule has 0 fully saturated rings. The van der Waals surface area contributed by atoms with Gasteiger partial charge in [-0.25, -0.2) is 0 Å². The Kier molecular flexibility index (Phi) is 12.4. The minimum absolute atomic E-state index is 0.120. The van der Waals surface area contributed by atoms with Crippen molar-refractivity contribution in [2.75, 3.05) is 10.6 Å². The molecule has 4 aromatic carbocycles. The molecule has 1 amide bonds. The third-order valence-electron chi connectivity index (χ3n) is 6.03. The summed E-state index contributed by atoms with van der Waals surface area (Å²) in [5.74, 6) is -0.599. The van der Waals surface area contributed by atoms with Crippen LogP contribution in [0.1, 0.15) is 40.9 Å². The van der Waals surface area contributed by atoms with Gasteiger partial charge in [0.25, 0.3) is 5.91 Å². The predicted octanol–water partition coefficient (Wildman–Crippen LogP) is 2.75. The number of hydrogen-bond donors (Lipinski definition) is 4. The molecule has 9 nitrogen and oxygen atoms in total. The summed E-state index contributed by atoms with van der Waals surface area (Å²) >= 11 is 10.3. The summed E-state index contributed by atoms with van der Waals surface area (Å²) in [7, 11) is 0. The Labute approximate surface area is 282 Å². The fourth-order valence-electron chi connectivity index (χ4n) is 4.07. The summed E-state index contributed by atoms with van der Waals surface area (Å²) in [4.78, 5) is 35.3. The van der Waals surface area contributed by atoms with Crippen LogP contribution in [0.15, 0.2) is 97.1 Å². The summed E-state index contributed by atoms with van der Waals surface area (Å²) in [6.45, 7) is 2.66. The second-order valence-electron chi connectivity index (χ2n) is 9.59. The number of carbonyl (C=O) groups excluding carboxylic acids is 3. The van der Waals surface area contributed by atoms with E-state index in [0.717, 1.165) is 38.9 Å². The van der Waals surface area contributed by atoms with Crippen molar-refractivity contribution in [1.29, 1.82) is 0 Å². The van der Waals surface area contributed by atoms with Gasteiger partial charge >= 0.3 is 194 Å². The van der Waals surface area contributed by atoms with Gasteiger partial charge in [0.05, 0.1) is 5.56 Å². The van der Waals surface area contributed by atoms with Crippen LogP contribution in [-0.2, 0) is 20.4 Å². The number of halogens is 1. The Morgan fingerprint density at radius 3 is 1.78 bits per heavy atom. The molecule has 4 rings (SSSR count). The molecule has 0 aromatic heterocycles. The van der Waals surface area contributed by atoms with Crippen LogP contribution in [0.25, 0.3) is 0 Å². The molecular weight excluding hydrogens is 723 g/mol. The number of para-hydroxylation sites is 2. The van der Waals surface area contributed by atoms with E-state index in [-0.39, 0.29) is 22.4 Å². The number of amides is 1. The van der Waals surface area contributed by atoms with Crippen LogP contribution in [0.2, 0.25) is 0 Å². The second kappa shape index (κ2) is 16.6. The molecule has 0 unspecified atom stereocenters. The van der Waals surface area contributed by atoms with Crippen LogP contribution < -0.4 is 50.4 Å². The molecule has 0 saturated carbocycles. The topological polar surface area (TPSA) is 118 Å². The fourth-order valence-corrected chi connectivity index (χ4v) is 6.48. The van der Waals surface area contributed by atoms with E-state index in [2.05, 4.69) is 19.5 Å². The average molecular weight is 754 g/mol. The summed E-state index contributed by atoms with van der Waals surface area (Å²) in [6, 6.07) is 29.7. The number of carbonyl (C=O) groups is 3. The molecule has 0 aliphatic carbocycles. The van der Waals surface area contributed by atoms with Gasteiger partial charge in [-0.3, -0.25) is 14.9 Å². The maximum atomic E-state index is 12.7. The van der Waals surface area contributed by atoms with Gasteiger partial charge in [0.15, 0.2) is 5.11 Å². The van der Waals surface area contributed by atoms with E-state index in [9.17, 15) is 14.4 Å². The summed E-state index contributed by atoms with van der Waals surface area (Å²) in [5.41, 5.74) is 5.00. The first-order chi connectivity index (χ1) is 21.7. The summed E-state index contributed by atoms with van der Waals surface area (Å²) in [6.07, 6.45) is 0.727. The molecule has 4 aromatic rings.